The van der Waals surface area contributed by atoms with Crippen LogP contribution in [0.4, 0.5) is 18.9 Å². The maximum absolute atomic E-state index is 12.6. The summed E-state index contributed by atoms with van der Waals surface area (Å²) in [4.78, 5) is 17.8. The number of amides is 1. The average molecular weight is 460 g/mol. The minimum atomic E-state index is -2.75. The molecule has 1 aromatic carbocycles. The van der Waals surface area contributed by atoms with Gasteiger partial charge in [0.15, 0.2) is 0 Å². The summed E-state index contributed by atoms with van der Waals surface area (Å²) in [7, 11) is 0. The van der Waals surface area contributed by atoms with Gasteiger partial charge in [0.05, 0.1) is 6.67 Å². The molecule has 0 bridgehead atoms. The molecule has 2 rings (SSSR count). The van der Waals surface area contributed by atoms with Crippen molar-refractivity contribution in [2.75, 3.05) is 18.1 Å². The number of hydrogen-bond donors (Lipinski definition) is 0. The van der Waals surface area contributed by atoms with Crippen molar-refractivity contribution in [2.45, 2.75) is 38.5 Å². The fourth-order valence-electron chi connectivity index (χ4n) is 2.58. The van der Waals surface area contributed by atoms with E-state index in [1.807, 2.05) is 18.2 Å². The Kier molecular flexibility index (Phi) is 8.69. The van der Waals surface area contributed by atoms with E-state index in [4.69, 9.17) is 4.52 Å². The van der Waals surface area contributed by atoms with Gasteiger partial charge < -0.3 is 9.42 Å². The van der Waals surface area contributed by atoms with Gasteiger partial charge in [-0.25, -0.2) is 8.78 Å². The monoisotopic (exact) mass is 459 g/mol. The van der Waals surface area contributed by atoms with Gasteiger partial charge in [0.25, 0.3) is 5.91 Å². The Labute approximate surface area is 169 Å². The van der Waals surface area contributed by atoms with Crippen LogP contribution >= 0.6 is 15.9 Å². The zero-order chi connectivity index (χ0) is 20.5. The van der Waals surface area contributed by atoms with Crippen molar-refractivity contribution in [1.29, 1.82) is 0 Å². The molecule has 0 aliphatic carbocycles. The molecule has 1 aromatic heterocycles. The van der Waals surface area contributed by atoms with Crippen molar-refractivity contribution in [1.82, 2.24) is 10.1 Å². The van der Waals surface area contributed by atoms with Crippen LogP contribution in [0.15, 0.2) is 45.4 Å². The van der Waals surface area contributed by atoms with Gasteiger partial charge in [0.1, 0.15) is 0 Å². The molecular formula is C19H21BrF3N3O2. The normalized spacial score (nSPS) is 11.0. The number of unbranched alkanes of at least 4 members (excludes halogenated alkanes) is 2. The molecule has 5 nitrogen and oxygen atoms in total. The van der Waals surface area contributed by atoms with Crippen LogP contribution in [-0.2, 0) is 11.2 Å². The first kappa shape index (κ1) is 22.1. The lowest BCUT2D eigenvalue weighted by atomic mass is 10.1. The summed E-state index contributed by atoms with van der Waals surface area (Å²) in [5, 5.41) is 3.22. The van der Waals surface area contributed by atoms with E-state index in [9.17, 15) is 18.0 Å². The van der Waals surface area contributed by atoms with E-state index in [1.54, 1.807) is 11.0 Å². The van der Waals surface area contributed by atoms with Crippen LogP contribution in [-0.4, -0.2) is 29.3 Å². The Morgan fingerprint density at radius 2 is 2.07 bits per heavy atom. The van der Waals surface area contributed by atoms with E-state index in [-0.39, 0.29) is 23.8 Å². The highest BCUT2D eigenvalue weighted by Crippen LogP contribution is 2.23. The molecule has 0 saturated carbocycles. The number of hydrogen-bond acceptors (Lipinski definition) is 4. The molecule has 1 amide bonds. The molecule has 9 heteroatoms. The summed E-state index contributed by atoms with van der Waals surface area (Å²) >= 11 is 3.38. The maximum Gasteiger partial charge on any atom is 0.300 e. The van der Waals surface area contributed by atoms with E-state index in [0.29, 0.717) is 31.5 Å². The SMILES string of the molecule is C=C(CCF)C(=O)N(CCCCCc1nc(C(F)F)no1)c1cccc(Br)c1. The number of alkyl halides is 3. The highest BCUT2D eigenvalue weighted by atomic mass is 79.9. The molecule has 0 spiro atoms. The number of aryl methyl sites for hydroxylation is 1. The van der Waals surface area contributed by atoms with Crippen LogP contribution in [0, 0.1) is 0 Å². The molecule has 0 saturated heterocycles. The van der Waals surface area contributed by atoms with E-state index in [0.717, 1.165) is 10.9 Å². The van der Waals surface area contributed by atoms with Gasteiger partial charge >= 0.3 is 6.43 Å². The Morgan fingerprint density at radius 1 is 1.29 bits per heavy atom. The van der Waals surface area contributed by atoms with Gasteiger partial charge in [-0.2, -0.15) is 4.98 Å². The molecule has 0 unspecified atom stereocenters. The van der Waals surface area contributed by atoms with Crippen LogP contribution in [0.25, 0.3) is 0 Å². The maximum atomic E-state index is 12.6. The largest absolute Gasteiger partial charge is 0.339 e. The molecule has 0 radical (unpaired) electrons. The summed E-state index contributed by atoms with van der Waals surface area (Å²) in [6.45, 7) is 3.47. The van der Waals surface area contributed by atoms with Crippen molar-refractivity contribution in [2.24, 2.45) is 0 Å². The van der Waals surface area contributed by atoms with Crippen LogP contribution in [0.3, 0.4) is 0 Å². The summed E-state index contributed by atoms with van der Waals surface area (Å²) < 4.78 is 43.1. The van der Waals surface area contributed by atoms with E-state index < -0.39 is 18.9 Å². The molecule has 0 atom stereocenters. The van der Waals surface area contributed by atoms with Gasteiger partial charge in [-0.3, -0.25) is 9.18 Å². The predicted octanol–water partition coefficient (Wildman–Crippen LogP) is 5.43. The molecule has 2 aromatic rings. The predicted molar refractivity (Wildman–Crippen MR) is 103 cm³/mol. The summed E-state index contributed by atoms with van der Waals surface area (Å²) in [6.07, 6.45) is -0.334. The lowest BCUT2D eigenvalue weighted by Gasteiger charge is -2.24. The van der Waals surface area contributed by atoms with Gasteiger partial charge in [0, 0.05) is 35.1 Å². The first-order valence-corrected chi connectivity index (χ1v) is 9.63. The van der Waals surface area contributed by atoms with Crippen LogP contribution in [0.1, 0.15) is 43.8 Å². The topological polar surface area (TPSA) is 59.2 Å². The second kappa shape index (κ2) is 11.0. The number of benzene rings is 1. The first-order chi connectivity index (χ1) is 13.4. The molecular weight excluding hydrogens is 439 g/mol. The van der Waals surface area contributed by atoms with Gasteiger partial charge in [-0.1, -0.05) is 40.2 Å². The minimum Gasteiger partial charge on any atom is -0.339 e. The molecule has 1 heterocycles. The number of anilines is 1. The number of rotatable bonds is 11. The smallest absolute Gasteiger partial charge is 0.300 e. The molecule has 0 fully saturated rings. The molecule has 152 valence electrons. The lowest BCUT2D eigenvalue weighted by Crippen LogP contribution is -2.33. The van der Waals surface area contributed by atoms with E-state index in [2.05, 4.69) is 32.6 Å². The summed E-state index contributed by atoms with van der Waals surface area (Å²) in [5.41, 5.74) is 0.908. The Bertz CT molecular complexity index is 798. The number of carbonyl (C=O) groups is 1. The van der Waals surface area contributed by atoms with E-state index >= 15 is 0 Å². The van der Waals surface area contributed by atoms with Crippen molar-refractivity contribution >= 4 is 27.5 Å². The molecule has 28 heavy (non-hydrogen) atoms. The second-order valence-electron chi connectivity index (χ2n) is 6.14. The first-order valence-electron chi connectivity index (χ1n) is 8.84. The number of nitrogens with zero attached hydrogens (tertiary/aromatic N) is 3. The van der Waals surface area contributed by atoms with Crippen molar-refractivity contribution in [3.05, 3.63) is 52.6 Å². The highest BCUT2D eigenvalue weighted by Gasteiger charge is 2.19. The van der Waals surface area contributed by atoms with Crippen LogP contribution < -0.4 is 4.90 Å². The summed E-state index contributed by atoms with van der Waals surface area (Å²) in [6, 6.07) is 7.27. The zero-order valence-electron chi connectivity index (χ0n) is 15.2. The molecule has 0 N–H and O–H groups in total. The molecule has 0 aliphatic rings. The van der Waals surface area contributed by atoms with Crippen LogP contribution in [0.2, 0.25) is 0 Å². The zero-order valence-corrected chi connectivity index (χ0v) is 16.8. The number of halogens is 4. The average Bonchev–Trinajstić information content (AvgIpc) is 3.13. The minimum absolute atomic E-state index is 0.00697. The Hall–Kier alpha value is -2.16. The quantitative estimate of drug-likeness (QED) is 0.332. The van der Waals surface area contributed by atoms with Crippen molar-refractivity contribution in [3.63, 3.8) is 0 Å². The molecule has 0 aliphatic heterocycles. The van der Waals surface area contributed by atoms with Gasteiger partial charge in [-0.15, -0.1) is 0 Å². The lowest BCUT2D eigenvalue weighted by molar-refractivity contribution is -0.115. The third kappa shape index (κ3) is 6.47. The number of aromatic nitrogens is 2. The highest BCUT2D eigenvalue weighted by molar-refractivity contribution is 9.10. The Morgan fingerprint density at radius 3 is 2.71 bits per heavy atom. The fourth-order valence-corrected chi connectivity index (χ4v) is 2.97. The number of carbonyl (C=O) groups excluding carboxylic acids is 1. The van der Waals surface area contributed by atoms with Gasteiger partial charge in [0.2, 0.25) is 11.7 Å². The van der Waals surface area contributed by atoms with E-state index in [1.165, 1.54) is 0 Å². The van der Waals surface area contributed by atoms with Gasteiger partial charge in [-0.05, 0) is 31.0 Å². The standard InChI is InChI=1S/C19H21BrF3N3O2/c1-13(9-10-21)19(27)26(15-7-5-6-14(20)12-15)11-4-2-3-8-16-24-18(17(22)23)25-28-16/h5-7,12,17H,1-4,8-11H2. The second-order valence-corrected chi connectivity index (χ2v) is 7.05. The third-order valence-corrected chi connectivity index (χ3v) is 4.51. The van der Waals surface area contributed by atoms with Crippen LogP contribution in [0.5, 0.6) is 0 Å². The van der Waals surface area contributed by atoms with Crippen molar-refractivity contribution < 1.29 is 22.5 Å². The Balaban J connectivity index is 1.91. The van der Waals surface area contributed by atoms with Crippen molar-refractivity contribution in [3.8, 4) is 0 Å². The fraction of sp³-hybridized carbons (Fsp3) is 0.421. The third-order valence-electron chi connectivity index (χ3n) is 4.02. The summed E-state index contributed by atoms with van der Waals surface area (Å²) in [5.74, 6) is -0.742.